The number of methoxy groups -OCH3 is 1. The quantitative estimate of drug-likeness (QED) is 0.760. The lowest BCUT2D eigenvalue weighted by molar-refractivity contribution is 0.0931. The summed E-state index contributed by atoms with van der Waals surface area (Å²) in [5, 5.41) is 3.27. The molecule has 2 aliphatic heterocycles. The SMILES string of the molecule is COCC1CCN(C(=O)N2CCNCC2)CC1. The molecule has 0 aliphatic carbocycles. The number of nitrogens with one attached hydrogen (secondary N) is 1. The van der Waals surface area contributed by atoms with E-state index < -0.39 is 0 Å². The van der Waals surface area contributed by atoms with Crippen LogP contribution >= 0.6 is 0 Å². The van der Waals surface area contributed by atoms with Gasteiger partial charge in [0.25, 0.3) is 0 Å². The Kier molecular flexibility index (Phi) is 4.62. The Morgan fingerprint density at radius 1 is 1.18 bits per heavy atom. The van der Waals surface area contributed by atoms with Gasteiger partial charge in [-0.2, -0.15) is 0 Å². The van der Waals surface area contributed by atoms with Crippen LogP contribution in [0.15, 0.2) is 0 Å². The highest BCUT2D eigenvalue weighted by Gasteiger charge is 2.26. The van der Waals surface area contributed by atoms with E-state index in [-0.39, 0.29) is 6.03 Å². The number of amides is 2. The van der Waals surface area contributed by atoms with Gasteiger partial charge in [-0.3, -0.25) is 0 Å². The lowest BCUT2D eigenvalue weighted by Crippen LogP contribution is -2.53. The van der Waals surface area contributed by atoms with Gasteiger partial charge in [-0.05, 0) is 18.8 Å². The predicted molar refractivity (Wildman–Crippen MR) is 66.0 cm³/mol. The molecule has 0 spiro atoms. The van der Waals surface area contributed by atoms with Gasteiger partial charge in [0.05, 0.1) is 0 Å². The van der Waals surface area contributed by atoms with Crippen LogP contribution in [0.2, 0.25) is 0 Å². The van der Waals surface area contributed by atoms with Crippen molar-refractivity contribution < 1.29 is 9.53 Å². The van der Waals surface area contributed by atoms with Crippen LogP contribution < -0.4 is 5.32 Å². The minimum Gasteiger partial charge on any atom is -0.384 e. The van der Waals surface area contributed by atoms with Crippen LogP contribution in [0, 0.1) is 5.92 Å². The first kappa shape index (κ1) is 12.6. The van der Waals surface area contributed by atoms with E-state index in [2.05, 4.69) is 5.32 Å². The third-order valence-electron chi connectivity index (χ3n) is 3.67. The van der Waals surface area contributed by atoms with Crippen LogP contribution in [-0.2, 0) is 4.74 Å². The summed E-state index contributed by atoms with van der Waals surface area (Å²) < 4.78 is 5.17. The number of urea groups is 1. The molecule has 5 nitrogen and oxygen atoms in total. The van der Waals surface area contributed by atoms with Gasteiger partial charge in [0.15, 0.2) is 0 Å². The fraction of sp³-hybridized carbons (Fsp3) is 0.917. The molecule has 2 aliphatic rings. The highest BCUT2D eigenvalue weighted by atomic mass is 16.5. The normalized spacial score (nSPS) is 22.9. The fourth-order valence-corrected chi connectivity index (χ4v) is 2.58. The number of piperidine rings is 1. The Balaban J connectivity index is 1.77. The summed E-state index contributed by atoms with van der Waals surface area (Å²) in [6.07, 6.45) is 2.15. The predicted octanol–water partition coefficient (Wildman–Crippen LogP) is 0.370. The molecule has 0 radical (unpaired) electrons. The van der Waals surface area contributed by atoms with Crippen molar-refractivity contribution in [2.75, 3.05) is 53.0 Å². The van der Waals surface area contributed by atoms with Gasteiger partial charge in [0.1, 0.15) is 0 Å². The molecule has 1 N–H and O–H groups in total. The lowest BCUT2D eigenvalue weighted by Gasteiger charge is -2.37. The number of hydrogen-bond donors (Lipinski definition) is 1. The van der Waals surface area contributed by atoms with Crippen LogP contribution in [0.4, 0.5) is 4.79 Å². The fourth-order valence-electron chi connectivity index (χ4n) is 2.58. The van der Waals surface area contributed by atoms with Gasteiger partial charge >= 0.3 is 6.03 Å². The zero-order valence-electron chi connectivity index (χ0n) is 10.7. The third kappa shape index (κ3) is 3.33. The molecule has 98 valence electrons. The average Bonchev–Trinajstić information content (AvgIpc) is 2.40. The topological polar surface area (TPSA) is 44.8 Å². The summed E-state index contributed by atoms with van der Waals surface area (Å²) in [4.78, 5) is 16.2. The van der Waals surface area contributed by atoms with Crippen molar-refractivity contribution in [1.82, 2.24) is 15.1 Å². The highest BCUT2D eigenvalue weighted by molar-refractivity contribution is 5.74. The van der Waals surface area contributed by atoms with Gasteiger partial charge in [-0.25, -0.2) is 4.79 Å². The van der Waals surface area contributed by atoms with Crippen LogP contribution in [0.1, 0.15) is 12.8 Å². The molecule has 2 rings (SSSR count). The minimum absolute atomic E-state index is 0.224. The molecule has 0 saturated carbocycles. The standard InChI is InChI=1S/C12H23N3O2/c1-17-10-11-2-6-14(7-3-11)12(16)15-8-4-13-5-9-15/h11,13H,2-10H2,1H3. The van der Waals surface area contributed by atoms with Crippen LogP contribution in [0.25, 0.3) is 0 Å². The second-order valence-corrected chi connectivity index (χ2v) is 4.91. The number of ether oxygens (including phenoxy) is 1. The number of carbonyl (C=O) groups excluding carboxylic acids is 1. The van der Waals surface area contributed by atoms with Crippen molar-refractivity contribution in [2.45, 2.75) is 12.8 Å². The highest BCUT2D eigenvalue weighted by Crippen LogP contribution is 2.18. The molecule has 0 bridgehead atoms. The van der Waals surface area contributed by atoms with Crippen LogP contribution in [-0.4, -0.2) is 68.8 Å². The van der Waals surface area contributed by atoms with Crippen molar-refractivity contribution in [2.24, 2.45) is 5.92 Å². The van der Waals surface area contributed by atoms with Crippen LogP contribution in [0.3, 0.4) is 0 Å². The van der Waals surface area contributed by atoms with E-state index in [1.54, 1.807) is 7.11 Å². The number of likely N-dealkylation sites (tertiary alicyclic amines) is 1. The molecular weight excluding hydrogens is 218 g/mol. The molecular formula is C12H23N3O2. The monoisotopic (exact) mass is 241 g/mol. The Morgan fingerprint density at radius 3 is 2.35 bits per heavy atom. The second-order valence-electron chi connectivity index (χ2n) is 4.91. The summed E-state index contributed by atoms with van der Waals surface area (Å²) in [6.45, 7) is 6.13. The molecule has 17 heavy (non-hydrogen) atoms. The van der Waals surface area contributed by atoms with E-state index in [9.17, 15) is 4.79 Å². The summed E-state index contributed by atoms with van der Waals surface area (Å²) in [5.74, 6) is 0.632. The molecule has 0 aromatic carbocycles. The van der Waals surface area contributed by atoms with E-state index in [4.69, 9.17) is 4.74 Å². The van der Waals surface area contributed by atoms with Crippen molar-refractivity contribution in [3.8, 4) is 0 Å². The molecule has 2 saturated heterocycles. The molecule has 2 fully saturated rings. The Hall–Kier alpha value is -0.810. The summed E-state index contributed by atoms with van der Waals surface area (Å²) >= 11 is 0. The van der Waals surface area contributed by atoms with Gasteiger partial charge < -0.3 is 19.9 Å². The number of nitrogens with zero attached hydrogens (tertiary/aromatic N) is 2. The molecule has 0 aromatic heterocycles. The Labute approximate surface area is 103 Å². The first-order valence-electron chi connectivity index (χ1n) is 6.55. The third-order valence-corrected chi connectivity index (χ3v) is 3.67. The molecule has 0 unspecified atom stereocenters. The second kappa shape index (κ2) is 6.21. The number of rotatable bonds is 2. The lowest BCUT2D eigenvalue weighted by atomic mass is 9.98. The zero-order chi connectivity index (χ0) is 12.1. The van der Waals surface area contributed by atoms with Gasteiger partial charge in [-0.1, -0.05) is 0 Å². The largest absolute Gasteiger partial charge is 0.384 e. The maximum atomic E-state index is 12.2. The molecule has 2 amide bonds. The summed E-state index contributed by atoms with van der Waals surface area (Å²) in [6, 6.07) is 0.224. The first-order valence-corrected chi connectivity index (χ1v) is 6.55. The summed E-state index contributed by atoms with van der Waals surface area (Å²) in [5.41, 5.74) is 0. The minimum atomic E-state index is 0.224. The maximum absolute atomic E-state index is 12.2. The number of carbonyl (C=O) groups is 1. The van der Waals surface area contributed by atoms with E-state index in [0.29, 0.717) is 5.92 Å². The first-order chi connectivity index (χ1) is 8.31. The average molecular weight is 241 g/mol. The molecule has 2 heterocycles. The molecule has 0 atom stereocenters. The van der Waals surface area contributed by atoms with Crippen molar-refractivity contribution >= 4 is 6.03 Å². The van der Waals surface area contributed by atoms with Crippen molar-refractivity contribution in [3.05, 3.63) is 0 Å². The van der Waals surface area contributed by atoms with Gasteiger partial charge in [0, 0.05) is 53.0 Å². The number of piperazine rings is 1. The van der Waals surface area contributed by atoms with Crippen molar-refractivity contribution in [3.63, 3.8) is 0 Å². The summed E-state index contributed by atoms with van der Waals surface area (Å²) in [7, 11) is 1.75. The van der Waals surface area contributed by atoms with Crippen LogP contribution in [0.5, 0.6) is 0 Å². The van der Waals surface area contributed by atoms with E-state index in [1.165, 1.54) is 0 Å². The Morgan fingerprint density at radius 2 is 1.76 bits per heavy atom. The van der Waals surface area contributed by atoms with E-state index in [1.807, 2.05) is 9.80 Å². The van der Waals surface area contributed by atoms with Gasteiger partial charge in [-0.15, -0.1) is 0 Å². The van der Waals surface area contributed by atoms with Gasteiger partial charge in [0.2, 0.25) is 0 Å². The van der Waals surface area contributed by atoms with E-state index in [0.717, 1.165) is 58.7 Å². The number of hydrogen-bond acceptors (Lipinski definition) is 3. The van der Waals surface area contributed by atoms with E-state index >= 15 is 0 Å². The zero-order valence-corrected chi connectivity index (χ0v) is 10.7. The smallest absolute Gasteiger partial charge is 0.320 e. The Bertz CT molecular complexity index is 246. The molecule has 5 heteroatoms. The maximum Gasteiger partial charge on any atom is 0.320 e. The van der Waals surface area contributed by atoms with Crippen molar-refractivity contribution in [1.29, 1.82) is 0 Å². The molecule has 0 aromatic rings.